The molecular weight excluding hydrogens is 220 g/mol. The maximum Gasteiger partial charge on any atom is 0.0343 e. The molecule has 2 heteroatoms. The van der Waals surface area contributed by atoms with Crippen LogP contribution >= 0.6 is 0 Å². The van der Waals surface area contributed by atoms with Gasteiger partial charge in [0.05, 0.1) is 0 Å². The van der Waals surface area contributed by atoms with Crippen molar-refractivity contribution in [2.24, 2.45) is 5.92 Å². The van der Waals surface area contributed by atoms with Crippen molar-refractivity contribution in [2.75, 3.05) is 12.3 Å². The van der Waals surface area contributed by atoms with Gasteiger partial charge in [-0.05, 0) is 55.8 Å². The maximum absolute atomic E-state index is 5.88. The highest BCUT2D eigenvalue weighted by molar-refractivity contribution is 5.47. The van der Waals surface area contributed by atoms with E-state index in [9.17, 15) is 0 Å². The number of anilines is 1. The van der Waals surface area contributed by atoms with E-state index in [1.54, 1.807) is 0 Å². The molecule has 18 heavy (non-hydrogen) atoms. The first kappa shape index (κ1) is 13.4. The van der Waals surface area contributed by atoms with Gasteiger partial charge in [0.1, 0.15) is 0 Å². The van der Waals surface area contributed by atoms with E-state index in [4.69, 9.17) is 5.73 Å². The first-order valence-corrected chi connectivity index (χ1v) is 7.15. The van der Waals surface area contributed by atoms with Crippen molar-refractivity contribution in [3.05, 3.63) is 29.3 Å². The van der Waals surface area contributed by atoms with Crippen LogP contribution in [-0.4, -0.2) is 17.5 Å². The van der Waals surface area contributed by atoms with Crippen LogP contribution in [0.15, 0.2) is 18.2 Å². The van der Waals surface area contributed by atoms with Crippen LogP contribution in [0, 0.1) is 12.8 Å². The number of aryl methyl sites for hydroxylation is 1. The van der Waals surface area contributed by atoms with Crippen LogP contribution in [0.3, 0.4) is 0 Å². The third-order valence-corrected chi connectivity index (χ3v) is 3.78. The summed E-state index contributed by atoms with van der Waals surface area (Å²) in [7, 11) is 0. The number of nitrogens with two attached hydrogens (primary N) is 1. The lowest BCUT2D eigenvalue weighted by molar-refractivity contribution is 0.239. The molecule has 1 aliphatic rings. The number of nitrogens with zero attached hydrogens (tertiary/aromatic N) is 1. The summed E-state index contributed by atoms with van der Waals surface area (Å²) in [6.45, 7) is 9.01. The summed E-state index contributed by atoms with van der Waals surface area (Å²) in [6.07, 6.45) is 4.06. The number of hydrogen-bond acceptors (Lipinski definition) is 2. The Labute approximate surface area is 111 Å². The molecule has 0 bridgehead atoms. The van der Waals surface area contributed by atoms with Gasteiger partial charge in [-0.1, -0.05) is 26.0 Å². The first-order chi connectivity index (χ1) is 8.56. The van der Waals surface area contributed by atoms with E-state index in [1.807, 2.05) is 6.07 Å². The van der Waals surface area contributed by atoms with E-state index in [0.29, 0.717) is 0 Å². The van der Waals surface area contributed by atoms with E-state index >= 15 is 0 Å². The summed E-state index contributed by atoms with van der Waals surface area (Å²) in [5.41, 5.74) is 9.38. The number of hydrogen-bond donors (Lipinski definition) is 1. The SMILES string of the molecule is Cc1cc(CN(CCC(C)C)C2CC2)ccc1N. The fourth-order valence-electron chi connectivity index (χ4n) is 2.33. The molecular formula is C16H26N2. The first-order valence-electron chi connectivity index (χ1n) is 7.15. The summed E-state index contributed by atoms with van der Waals surface area (Å²) in [5.74, 6) is 0.791. The zero-order chi connectivity index (χ0) is 13.1. The van der Waals surface area contributed by atoms with E-state index < -0.39 is 0 Å². The van der Waals surface area contributed by atoms with E-state index in [0.717, 1.165) is 24.2 Å². The quantitative estimate of drug-likeness (QED) is 0.777. The topological polar surface area (TPSA) is 29.3 Å². The van der Waals surface area contributed by atoms with Gasteiger partial charge in [-0.3, -0.25) is 4.90 Å². The second kappa shape index (κ2) is 5.75. The van der Waals surface area contributed by atoms with Crippen LogP contribution in [0.1, 0.15) is 44.2 Å². The minimum atomic E-state index is 0.791. The summed E-state index contributed by atoms with van der Waals surface area (Å²) in [6, 6.07) is 7.28. The van der Waals surface area contributed by atoms with Crippen molar-refractivity contribution in [1.82, 2.24) is 4.90 Å². The van der Waals surface area contributed by atoms with Gasteiger partial charge in [0.15, 0.2) is 0 Å². The van der Waals surface area contributed by atoms with Gasteiger partial charge in [0.2, 0.25) is 0 Å². The molecule has 0 unspecified atom stereocenters. The summed E-state index contributed by atoms with van der Waals surface area (Å²) < 4.78 is 0. The van der Waals surface area contributed by atoms with Gasteiger partial charge in [-0.15, -0.1) is 0 Å². The number of rotatable bonds is 6. The van der Waals surface area contributed by atoms with Gasteiger partial charge < -0.3 is 5.73 Å². The van der Waals surface area contributed by atoms with Crippen molar-refractivity contribution in [2.45, 2.75) is 52.6 Å². The van der Waals surface area contributed by atoms with Gasteiger partial charge in [-0.25, -0.2) is 0 Å². The Balaban J connectivity index is 1.97. The van der Waals surface area contributed by atoms with Crippen molar-refractivity contribution in [3.8, 4) is 0 Å². The minimum absolute atomic E-state index is 0.791. The highest BCUT2D eigenvalue weighted by Gasteiger charge is 2.28. The zero-order valence-electron chi connectivity index (χ0n) is 11.9. The molecule has 0 heterocycles. The molecule has 2 N–H and O–H groups in total. The number of nitrogen functional groups attached to an aromatic ring is 1. The molecule has 1 aromatic rings. The normalized spacial score (nSPS) is 15.6. The van der Waals surface area contributed by atoms with E-state index in [-0.39, 0.29) is 0 Å². The fraction of sp³-hybridized carbons (Fsp3) is 0.625. The molecule has 1 fully saturated rings. The smallest absolute Gasteiger partial charge is 0.0343 e. The largest absolute Gasteiger partial charge is 0.399 e. The van der Waals surface area contributed by atoms with Crippen LogP contribution < -0.4 is 5.73 Å². The van der Waals surface area contributed by atoms with Crippen LogP contribution in [-0.2, 0) is 6.54 Å². The standard InChI is InChI=1S/C16H26N2/c1-12(2)8-9-18(15-5-6-15)11-14-4-7-16(17)13(3)10-14/h4,7,10,12,15H,5-6,8-9,11,17H2,1-3H3. The predicted molar refractivity (Wildman–Crippen MR) is 78.5 cm³/mol. The Hall–Kier alpha value is -1.02. The van der Waals surface area contributed by atoms with E-state index in [1.165, 1.54) is 36.9 Å². The molecule has 2 rings (SSSR count). The Morgan fingerprint density at radius 1 is 1.33 bits per heavy atom. The lowest BCUT2D eigenvalue weighted by Crippen LogP contribution is -2.27. The molecule has 1 aromatic carbocycles. The molecule has 100 valence electrons. The Morgan fingerprint density at radius 3 is 2.61 bits per heavy atom. The molecule has 0 amide bonds. The summed E-state index contributed by atoms with van der Waals surface area (Å²) in [4.78, 5) is 2.64. The van der Waals surface area contributed by atoms with Gasteiger partial charge in [0, 0.05) is 18.3 Å². The molecule has 0 aromatic heterocycles. The van der Waals surface area contributed by atoms with Gasteiger partial charge >= 0.3 is 0 Å². The third-order valence-electron chi connectivity index (χ3n) is 3.78. The lowest BCUT2D eigenvalue weighted by Gasteiger charge is -2.23. The van der Waals surface area contributed by atoms with Crippen LogP contribution in [0.2, 0.25) is 0 Å². The molecule has 1 aliphatic carbocycles. The van der Waals surface area contributed by atoms with Crippen LogP contribution in [0.25, 0.3) is 0 Å². The minimum Gasteiger partial charge on any atom is -0.399 e. The van der Waals surface area contributed by atoms with Gasteiger partial charge in [0.25, 0.3) is 0 Å². The average Bonchev–Trinajstić information content (AvgIpc) is 3.13. The highest BCUT2D eigenvalue weighted by atomic mass is 15.2. The van der Waals surface area contributed by atoms with Crippen molar-refractivity contribution in [1.29, 1.82) is 0 Å². The molecule has 2 nitrogen and oxygen atoms in total. The predicted octanol–water partition coefficient (Wildman–Crippen LogP) is 3.59. The van der Waals surface area contributed by atoms with Crippen molar-refractivity contribution >= 4 is 5.69 Å². The second-order valence-corrected chi connectivity index (χ2v) is 6.08. The second-order valence-electron chi connectivity index (χ2n) is 6.08. The van der Waals surface area contributed by atoms with Crippen LogP contribution in [0.5, 0.6) is 0 Å². The fourth-order valence-corrected chi connectivity index (χ4v) is 2.33. The zero-order valence-corrected chi connectivity index (χ0v) is 11.9. The lowest BCUT2D eigenvalue weighted by atomic mass is 10.1. The number of benzene rings is 1. The highest BCUT2D eigenvalue weighted by Crippen LogP contribution is 2.29. The molecule has 0 aliphatic heterocycles. The van der Waals surface area contributed by atoms with Crippen molar-refractivity contribution < 1.29 is 0 Å². The van der Waals surface area contributed by atoms with Crippen molar-refractivity contribution in [3.63, 3.8) is 0 Å². The Kier molecular flexibility index (Phi) is 4.28. The molecule has 0 spiro atoms. The van der Waals surface area contributed by atoms with Gasteiger partial charge in [-0.2, -0.15) is 0 Å². The summed E-state index contributed by atoms with van der Waals surface area (Å²) >= 11 is 0. The summed E-state index contributed by atoms with van der Waals surface area (Å²) in [5, 5.41) is 0. The average molecular weight is 246 g/mol. The maximum atomic E-state index is 5.88. The monoisotopic (exact) mass is 246 g/mol. The Morgan fingerprint density at radius 2 is 2.06 bits per heavy atom. The molecule has 0 atom stereocenters. The van der Waals surface area contributed by atoms with Crippen LogP contribution in [0.4, 0.5) is 5.69 Å². The Bertz CT molecular complexity index is 394. The van der Waals surface area contributed by atoms with E-state index in [2.05, 4.69) is 37.8 Å². The molecule has 0 radical (unpaired) electrons. The molecule has 1 saturated carbocycles. The third kappa shape index (κ3) is 3.74. The molecule has 0 saturated heterocycles.